The molecule has 1 aromatic heterocycles. The lowest BCUT2D eigenvalue weighted by molar-refractivity contribution is -0.130. The van der Waals surface area contributed by atoms with E-state index in [1.54, 1.807) is 11.3 Å². The monoisotopic (exact) mass is 365 g/mol. The normalized spacial score (nSPS) is 16.7. The molecular formula is C21H19NO3S. The Balaban J connectivity index is 1.54. The fourth-order valence-electron chi connectivity index (χ4n) is 2.92. The summed E-state index contributed by atoms with van der Waals surface area (Å²) in [4.78, 5) is 13.9. The second-order valence-corrected chi connectivity index (χ2v) is 7.21. The summed E-state index contributed by atoms with van der Waals surface area (Å²) < 4.78 is 11.5. The maximum atomic E-state index is 12.8. The number of fused-ring (bicyclic) bond motifs is 1. The van der Waals surface area contributed by atoms with Gasteiger partial charge < -0.3 is 14.8 Å². The Bertz CT molecular complexity index is 890. The SMILES string of the molecule is Cc1ccc([C@H](NC(=O)[C@@H]2COc3ccccc3O2)c2cccs2)cc1. The second-order valence-electron chi connectivity index (χ2n) is 6.23. The second kappa shape index (κ2) is 7.22. The third-order valence-electron chi connectivity index (χ3n) is 4.33. The zero-order valence-corrected chi connectivity index (χ0v) is 15.2. The first-order chi connectivity index (χ1) is 12.7. The van der Waals surface area contributed by atoms with E-state index in [-0.39, 0.29) is 18.6 Å². The van der Waals surface area contributed by atoms with Crippen LogP contribution in [0.1, 0.15) is 22.0 Å². The number of thiophene rings is 1. The van der Waals surface area contributed by atoms with Gasteiger partial charge in [0.15, 0.2) is 11.5 Å². The molecule has 2 heterocycles. The maximum Gasteiger partial charge on any atom is 0.265 e. The topological polar surface area (TPSA) is 47.6 Å². The van der Waals surface area contributed by atoms with Crippen LogP contribution in [-0.2, 0) is 4.79 Å². The molecule has 0 fully saturated rings. The van der Waals surface area contributed by atoms with E-state index in [1.165, 1.54) is 5.56 Å². The van der Waals surface area contributed by atoms with Crippen LogP contribution >= 0.6 is 11.3 Å². The van der Waals surface area contributed by atoms with Crippen LogP contribution in [0, 0.1) is 6.92 Å². The number of ether oxygens (including phenoxy) is 2. The van der Waals surface area contributed by atoms with Crippen molar-refractivity contribution in [1.82, 2.24) is 5.32 Å². The minimum absolute atomic E-state index is 0.182. The number of hydrogen-bond donors (Lipinski definition) is 1. The number of carbonyl (C=O) groups excluding carboxylic acids is 1. The minimum Gasteiger partial charge on any atom is -0.485 e. The summed E-state index contributed by atoms with van der Waals surface area (Å²) in [6.07, 6.45) is -0.669. The van der Waals surface area contributed by atoms with Crippen LogP contribution in [-0.4, -0.2) is 18.6 Å². The number of aryl methyl sites for hydroxylation is 1. The zero-order chi connectivity index (χ0) is 17.9. The lowest BCUT2D eigenvalue weighted by Gasteiger charge is -2.27. The maximum absolute atomic E-state index is 12.8. The van der Waals surface area contributed by atoms with Gasteiger partial charge in [-0.15, -0.1) is 11.3 Å². The molecule has 0 unspecified atom stereocenters. The third-order valence-corrected chi connectivity index (χ3v) is 5.26. The quantitative estimate of drug-likeness (QED) is 0.757. The van der Waals surface area contributed by atoms with Crippen LogP contribution < -0.4 is 14.8 Å². The van der Waals surface area contributed by atoms with Crippen molar-refractivity contribution in [3.8, 4) is 11.5 Å². The molecule has 3 aromatic rings. The molecule has 1 aliphatic rings. The molecule has 0 radical (unpaired) electrons. The van der Waals surface area contributed by atoms with Crippen LogP contribution in [0.2, 0.25) is 0 Å². The Morgan fingerprint density at radius 1 is 1.08 bits per heavy atom. The Hall–Kier alpha value is -2.79. The first-order valence-corrected chi connectivity index (χ1v) is 9.37. The highest BCUT2D eigenvalue weighted by Crippen LogP contribution is 2.32. The average Bonchev–Trinajstić information content (AvgIpc) is 3.21. The van der Waals surface area contributed by atoms with E-state index in [9.17, 15) is 4.79 Å². The van der Waals surface area contributed by atoms with Crippen molar-refractivity contribution in [2.45, 2.75) is 19.1 Å². The van der Waals surface area contributed by atoms with Gasteiger partial charge in [-0.25, -0.2) is 0 Å². The van der Waals surface area contributed by atoms with Gasteiger partial charge >= 0.3 is 0 Å². The lowest BCUT2D eigenvalue weighted by Crippen LogP contribution is -2.45. The Morgan fingerprint density at radius 2 is 1.85 bits per heavy atom. The molecule has 2 atom stereocenters. The first kappa shape index (κ1) is 16.7. The molecule has 5 heteroatoms. The number of rotatable bonds is 4. The van der Waals surface area contributed by atoms with Gasteiger partial charge in [0.25, 0.3) is 5.91 Å². The molecular weight excluding hydrogens is 346 g/mol. The fraction of sp³-hybridized carbons (Fsp3) is 0.190. The summed E-state index contributed by atoms with van der Waals surface area (Å²) in [5, 5.41) is 5.14. The summed E-state index contributed by atoms with van der Waals surface area (Å²) >= 11 is 1.62. The molecule has 4 nitrogen and oxygen atoms in total. The molecule has 1 N–H and O–H groups in total. The Morgan fingerprint density at radius 3 is 2.58 bits per heavy atom. The van der Waals surface area contributed by atoms with Gasteiger partial charge in [0, 0.05) is 4.88 Å². The van der Waals surface area contributed by atoms with Crippen molar-refractivity contribution >= 4 is 17.2 Å². The highest BCUT2D eigenvalue weighted by Gasteiger charge is 2.29. The fourth-order valence-corrected chi connectivity index (χ4v) is 3.72. The summed E-state index contributed by atoms with van der Waals surface area (Å²) in [5.74, 6) is 1.09. The highest BCUT2D eigenvalue weighted by atomic mass is 32.1. The molecule has 2 aromatic carbocycles. The molecule has 0 bridgehead atoms. The van der Waals surface area contributed by atoms with Gasteiger partial charge in [-0.2, -0.15) is 0 Å². The van der Waals surface area contributed by atoms with Gasteiger partial charge in [0.05, 0.1) is 6.04 Å². The van der Waals surface area contributed by atoms with Crippen LogP contribution in [0.5, 0.6) is 11.5 Å². The Kier molecular flexibility index (Phi) is 4.63. The van der Waals surface area contributed by atoms with Gasteiger partial charge in [-0.05, 0) is 36.1 Å². The van der Waals surface area contributed by atoms with E-state index in [0.717, 1.165) is 10.4 Å². The summed E-state index contributed by atoms with van der Waals surface area (Å²) in [6, 6.07) is 19.4. The zero-order valence-electron chi connectivity index (χ0n) is 14.3. The van der Waals surface area contributed by atoms with E-state index in [2.05, 4.69) is 17.4 Å². The molecule has 4 rings (SSSR count). The summed E-state index contributed by atoms with van der Waals surface area (Å²) in [6.45, 7) is 2.25. The van der Waals surface area contributed by atoms with E-state index in [0.29, 0.717) is 11.5 Å². The van der Waals surface area contributed by atoms with Crippen LogP contribution in [0.15, 0.2) is 66.0 Å². The molecule has 0 spiro atoms. The van der Waals surface area contributed by atoms with Gasteiger partial charge in [0.2, 0.25) is 6.10 Å². The molecule has 26 heavy (non-hydrogen) atoms. The number of amides is 1. The number of carbonyl (C=O) groups is 1. The van der Waals surface area contributed by atoms with Crippen molar-refractivity contribution in [2.75, 3.05) is 6.61 Å². The third kappa shape index (κ3) is 3.44. The van der Waals surface area contributed by atoms with Crippen molar-refractivity contribution in [3.05, 3.63) is 82.0 Å². The van der Waals surface area contributed by atoms with Gasteiger partial charge in [-0.1, -0.05) is 48.0 Å². The van der Waals surface area contributed by atoms with Crippen molar-refractivity contribution in [2.24, 2.45) is 0 Å². The summed E-state index contributed by atoms with van der Waals surface area (Å²) in [5.41, 5.74) is 2.23. The predicted octanol–water partition coefficient (Wildman–Crippen LogP) is 4.10. The number of hydrogen-bond acceptors (Lipinski definition) is 4. The first-order valence-electron chi connectivity index (χ1n) is 8.49. The molecule has 1 amide bonds. The van der Waals surface area contributed by atoms with Crippen molar-refractivity contribution in [1.29, 1.82) is 0 Å². The van der Waals surface area contributed by atoms with Crippen molar-refractivity contribution < 1.29 is 14.3 Å². The van der Waals surface area contributed by atoms with Crippen LogP contribution in [0.4, 0.5) is 0 Å². The van der Waals surface area contributed by atoms with E-state index in [4.69, 9.17) is 9.47 Å². The number of benzene rings is 2. The standard InChI is InChI=1S/C21H19NO3S/c1-14-8-10-15(11-9-14)20(19-7-4-12-26-19)22-21(23)18-13-24-16-5-2-3-6-17(16)25-18/h2-12,18,20H,13H2,1H3,(H,22,23)/t18-,20-/m0/s1. The molecule has 0 saturated heterocycles. The smallest absolute Gasteiger partial charge is 0.265 e. The minimum atomic E-state index is -0.669. The largest absolute Gasteiger partial charge is 0.485 e. The molecule has 1 aliphatic heterocycles. The Labute approximate surface area is 156 Å². The van der Waals surface area contributed by atoms with E-state index in [1.807, 2.05) is 60.8 Å². The summed E-state index contributed by atoms with van der Waals surface area (Å²) in [7, 11) is 0. The number of nitrogens with one attached hydrogen (secondary N) is 1. The predicted molar refractivity (Wildman–Crippen MR) is 102 cm³/mol. The lowest BCUT2D eigenvalue weighted by atomic mass is 10.0. The number of para-hydroxylation sites is 2. The van der Waals surface area contributed by atoms with E-state index < -0.39 is 6.10 Å². The van der Waals surface area contributed by atoms with Crippen molar-refractivity contribution in [3.63, 3.8) is 0 Å². The van der Waals surface area contributed by atoms with Gasteiger partial charge in [-0.3, -0.25) is 4.79 Å². The molecule has 0 saturated carbocycles. The average molecular weight is 365 g/mol. The molecule has 132 valence electrons. The van der Waals surface area contributed by atoms with Crippen LogP contribution in [0.3, 0.4) is 0 Å². The highest BCUT2D eigenvalue weighted by molar-refractivity contribution is 7.10. The van der Waals surface area contributed by atoms with Gasteiger partial charge in [0.1, 0.15) is 6.61 Å². The molecule has 0 aliphatic carbocycles. The van der Waals surface area contributed by atoms with E-state index >= 15 is 0 Å². The van der Waals surface area contributed by atoms with Crippen LogP contribution in [0.25, 0.3) is 0 Å².